The molecule has 0 amide bonds. The van der Waals surface area contributed by atoms with Crippen molar-refractivity contribution < 1.29 is 14.6 Å². The molecular formula is C9H15O3. The molecule has 3 heteroatoms. The molecule has 1 unspecified atom stereocenters. The molecular weight excluding hydrogens is 156 g/mol. The van der Waals surface area contributed by atoms with Gasteiger partial charge in [0, 0.05) is 0 Å². The highest BCUT2D eigenvalue weighted by atomic mass is 16.5. The second-order valence-corrected chi connectivity index (χ2v) is 2.53. The molecule has 0 saturated carbocycles. The Hall–Kier alpha value is -0.830. The minimum Gasteiger partial charge on any atom is -0.463 e. The molecule has 0 aliphatic carbocycles. The van der Waals surface area contributed by atoms with E-state index in [1.807, 2.05) is 0 Å². The van der Waals surface area contributed by atoms with Crippen LogP contribution < -0.4 is 0 Å². The summed E-state index contributed by atoms with van der Waals surface area (Å²) in [6.45, 7) is 5.62. The molecule has 0 bridgehead atoms. The highest BCUT2D eigenvalue weighted by molar-refractivity contribution is 5.76. The van der Waals surface area contributed by atoms with E-state index >= 15 is 0 Å². The van der Waals surface area contributed by atoms with Gasteiger partial charge in [0.05, 0.1) is 6.61 Å². The van der Waals surface area contributed by atoms with Crippen molar-refractivity contribution >= 4 is 5.97 Å². The normalized spacial score (nSPS) is 12.2. The van der Waals surface area contributed by atoms with E-state index in [1.165, 1.54) is 0 Å². The van der Waals surface area contributed by atoms with Gasteiger partial charge in [0.25, 0.3) is 0 Å². The molecule has 1 atom stereocenters. The van der Waals surface area contributed by atoms with Crippen LogP contribution in [0.3, 0.4) is 0 Å². The van der Waals surface area contributed by atoms with Gasteiger partial charge in [-0.3, -0.25) is 0 Å². The van der Waals surface area contributed by atoms with Gasteiger partial charge in [-0.05, 0) is 12.5 Å². The minimum atomic E-state index is -1.42. The van der Waals surface area contributed by atoms with E-state index in [4.69, 9.17) is 0 Å². The number of unbranched alkanes of at least 4 members (excludes halogenated alkanes) is 2. The summed E-state index contributed by atoms with van der Waals surface area (Å²) in [5, 5.41) is 10.7. The number of rotatable bonds is 6. The van der Waals surface area contributed by atoms with Crippen LogP contribution in [0.15, 0.2) is 12.7 Å². The van der Waals surface area contributed by atoms with Gasteiger partial charge < -0.3 is 4.74 Å². The first-order valence-corrected chi connectivity index (χ1v) is 4.17. The number of carbonyl (C=O) groups is 1. The minimum absolute atomic E-state index is 0.346. The Morgan fingerprint density at radius 3 is 2.75 bits per heavy atom. The van der Waals surface area contributed by atoms with Crippen LogP contribution in [0.25, 0.3) is 0 Å². The Labute approximate surface area is 73.0 Å². The smallest absolute Gasteiger partial charge is 0.342 e. The highest BCUT2D eigenvalue weighted by Gasteiger charge is 2.13. The van der Waals surface area contributed by atoms with Crippen LogP contribution in [0.4, 0.5) is 0 Å². The van der Waals surface area contributed by atoms with Crippen LogP contribution in [0.2, 0.25) is 0 Å². The summed E-state index contributed by atoms with van der Waals surface area (Å²) in [5.74, 6) is -0.721. The van der Waals surface area contributed by atoms with E-state index in [0.717, 1.165) is 25.3 Å². The van der Waals surface area contributed by atoms with Crippen molar-refractivity contribution in [1.29, 1.82) is 0 Å². The van der Waals surface area contributed by atoms with E-state index in [0.29, 0.717) is 6.61 Å². The summed E-state index contributed by atoms with van der Waals surface area (Å²) < 4.78 is 4.67. The molecule has 0 rings (SSSR count). The summed E-state index contributed by atoms with van der Waals surface area (Å²) in [6.07, 6.45) is 2.53. The number of esters is 1. The van der Waals surface area contributed by atoms with Crippen LogP contribution in [0.5, 0.6) is 0 Å². The summed E-state index contributed by atoms with van der Waals surface area (Å²) in [7, 11) is 0. The van der Waals surface area contributed by atoms with Crippen molar-refractivity contribution in [3.63, 3.8) is 0 Å². The molecule has 0 aromatic rings. The lowest BCUT2D eigenvalue weighted by molar-refractivity contribution is -0.154. The van der Waals surface area contributed by atoms with Gasteiger partial charge in [-0.1, -0.05) is 26.3 Å². The van der Waals surface area contributed by atoms with Gasteiger partial charge >= 0.3 is 5.97 Å². The Kier molecular flexibility index (Phi) is 6.38. The predicted octanol–water partition coefficient (Wildman–Crippen LogP) is 1.70. The first-order chi connectivity index (χ1) is 5.72. The van der Waals surface area contributed by atoms with Crippen LogP contribution >= 0.6 is 0 Å². The Morgan fingerprint density at radius 1 is 1.58 bits per heavy atom. The molecule has 3 nitrogen and oxygen atoms in total. The topological polar surface area (TPSA) is 46.2 Å². The quantitative estimate of drug-likeness (QED) is 0.347. The molecule has 1 radical (unpaired) electrons. The zero-order chi connectivity index (χ0) is 9.40. The van der Waals surface area contributed by atoms with E-state index in [2.05, 4.69) is 18.2 Å². The number of hydrogen-bond donors (Lipinski definition) is 0. The molecule has 0 saturated heterocycles. The third kappa shape index (κ3) is 4.91. The van der Waals surface area contributed by atoms with Crippen molar-refractivity contribution in [2.75, 3.05) is 6.61 Å². The molecule has 0 heterocycles. The number of ether oxygens (including phenoxy) is 1. The van der Waals surface area contributed by atoms with Crippen molar-refractivity contribution in [1.82, 2.24) is 0 Å². The molecule has 0 aromatic heterocycles. The molecule has 0 spiro atoms. The standard InChI is InChI=1S/C9H15O3/c1-3-5-6-7-12-9(11)8(10)4-2/h4,8H,2-3,5-7H2,1H3. The first kappa shape index (κ1) is 11.2. The molecule has 0 aliphatic rings. The van der Waals surface area contributed by atoms with Crippen LogP contribution in [-0.2, 0) is 14.6 Å². The lowest BCUT2D eigenvalue weighted by Gasteiger charge is -2.04. The predicted molar refractivity (Wildman–Crippen MR) is 45.2 cm³/mol. The van der Waals surface area contributed by atoms with Gasteiger partial charge in [-0.15, -0.1) is 0 Å². The summed E-state index contributed by atoms with van der Waals surface area (Å²) in [6, 6.07) is 0. The average Bonchev–Trinajstić information content (AvgIpc) is 2.10. The zero-order valence-corrected chi connectivity index (χ0v) is 7.41. The van der Waals surface area contributed by atoms with E-state index < -0.39 is 12.1 Å². The summed E-state index contributed by atoms with van der Waals surface area (Å²) in [5.41, 5.74) is 0. The number of hydrogen-bond acceptors (Lipinski definition) is 2. The van der Waals surface area contributed by atoms with Gasteiger partial charge in [0.15, 0.2) is 0 Å². The van der Waals surface area contributed by atoms with Gasteiger partial charge in [0.1, 0.15) is 0 Å². The molecule has 69 valence electrons. The lowest BCUT2D eigenvalue weighted by Crippen LogP contribution is -2.19. The third-order valence-corrected chi connectivity index (χ3v) is 1.44. The van der Waals surface area contributed by atoms with Crippen LogP contribution in [0, 0.1) is 0 Å². The summed E-state index contributed by atoms with van der Waals surface area (Å²) >= 11 is 0. The van der Waals surface area contributed by atoms with Crippen LogP contribution in [-0.4, -0.2) is 18.7 Å². The van der Waals surface area contributed by atoms with E-state index in [1.54, 1.807) is 0 Å². The Morgan fingerprint density at radius 2 is 2.25 bits per heavy atom. The van der Waals surface area contributed by atoms with Gasteiger partial charge in [-0.2, -0.15) is 0 Å². The third-order valence-electron chi connectivity index (χ3n) is 1.44. The van der Waals surface area contributed by atoms with Gasteiger partial charge in [-0.25, -0.2) is 9.90 Å². The van der Waals surface area contributed by atoms with Crippen molar-refractivity contribution in [2.45, 2.75) is 32.3 Å². The fourth-order valence-corrected chi connectivity index (χ4v) is 0.703. The highest BCUT2D eigenvalue weighted by Crippen LogP contribution is 1.96. The fourth-order valence-electron chi connectivity index (χ4n) is 0.703. The van der Waals surface area contributed by atoms with Crippen molar-refractivity contribution in [3.05, 3.63) is 12.7 Å². The van der Waals surface area contributed by atoms with Gasteiger partial charge in [0.2, 0.25) is 6.10 Å². The Bertz CT molecular complexity index is 143. The summed E-state index contributed by atoms with van der Waals surface area (Å²) in [4.78, 5) is 10.7. The first-order valence-electron chi connectivity index (χ1n) is 4.17. The SMILES string of the molecule is C=CC([O])C(=O)OCCCCC. The van der Waals surface area contributed by atoms with Crippen molar-refractivity contribution in [3.8, 4) is 0 Å². The number of carbonyl (C=O) groups excluding carboxylic acids is 1. The molecule has 0 aromatic carbocycles. The maximum Gasteiger partial charge on any atom is 0.342 e. The molecule has 12 heavy (non-hydrogen) atoms. The van der Waals surface area contributed by atoms with Crippen molar-refractivity contribution in [2.24, 2.45) is 0 Å². The largest absolute Gasteiger partial charge is 0.463 e. The van der Waals surface area contributed by atoms with Crippen LogP contribution in [0.1, 0.15) is 26.2 Å². The van der Waals surface area contributed by atoms with E-state index in [9.17, 15) is 9.90 Å². The second kappa shape index (κ2) is 6.85. The second-order valence-electron chi connectivity index (χ2n) is 2.53. The monoisotopic (exact) mass is 171 g/mol. The molecule has 0 N–H and O–H groups in total. The van der Waals surface area contributed by atoms with E-state index in [-0.39, 0.29) is 0 Å². The fraction of sp³-hybridized carbons (Fsp3) is 0.667. The maximum atomic E-state index is 10.7. The zero-order valence-electron chi connectivity index (χ0n) is 7.41. The molecule has 0 fully saturated rings. The molecule has 0 aliphatic heterocycles. The average molecular weight is 171 g/mol. The Balaban J connectivity index is 3.37. The lowest BCUT2D eigenvalue weighted by atomic mass is 10.3. The maximum absolute atomic E-state index is 10.7.